The molecule has 7 nitrogen and oxygen atoms in total. The quantitative estimate of drug-likeness (QED) is 0.127. The minimum atomic E-state index is -5.09. The lowest BCUT2D eigenvalue weighted by atomic mass is 10.0. The molecule has 0 aromatic carbocycles. The van der Waals surface area contributed by atoms with Crippen LogP contribution in [0.25, 0.3) is 0 Å². The Morgan fingerprint density at radius 3 is 1.59 bits per heavy atom. The zero-order valence-corrected chi connectivity index (χ0v) is 18.3. The topological polar surface area (TPSA) is 124 Å². The van der Waals surface area contributed by atoms with E-state index in [1.54, 1.807) is 0 Å². The van der Waals surface area contributed by atoms with Crippen LogP contribution in [0, 0.1) is 0 Å². The van der Waals surface area contributed by atoms with Crippen LogP contribution in [0.3, 0.4) is 0 Å². The van der Waals surface area contributed by atoms with E-state index in [4.69, 9.17) is 14.9 Å². The first-order chi connectivity index (χ1) is 12.7. The first-order valence-electron chi connectivity index (χ1n) is 10.1. The van der Waals surface area contributed by atoms with Crippen molar-refractivity contribution in [1.82, 2.24) is 0 Å². The molecule has 0 aliphatic rings. The molecule has 0 aromatic heterocycles. The minimum absolute atomic E-state index is 0.643. The molecule has 9 heteroatoms. The summed E-state index contributed by atoms with van der Waals surface area (Å²) in [6.07, 6.45) is 19.4. The molecule has 0 aromatic rings. The van der Waals surface area contributed by atoms with E-state index in [-0.39, 0.29) is 0 Å². The summed E-state index contributed by atoms with van der Waals surface area (Å²) in [6.45, 7) is 2.23. The van der Waals surface area contributed by atoms with Crippen LogP contribution in [0.1, 0.15) is 96.8 Å². The van der Waals surface area contributed by atoms with E-state index >= 15 is 0 Å². The Kier molecular flexibility index (Phi) is 15.6. The van der Waals surface area contributed by atoms with Gasteiger partial charge in [-0.2, -0.15) is 0 Å². The van der Waals surface area contributed by atoms with E-state index in [1.165, 1.54) is 70.3 Å². The van der Waals surface area contributed by atoms with Gasteiger partial charge in [-0.25, -0.2) is 4.57 Å². The van der Waals surface area contributed by atoms with Crippen molar-refractivity contribution in [2.45, 2.75) is 102 Å². The van der Waals surface area contributed by atoms with Crippen LogP contribution in [-0.2, 0) is 13.7 Å². The van der Waals surface area contributed by atoms with Crippen LogP contribution in [0.4, 0.5) is 0 Å². The molecule has 27 heavy (non-hydrogen) atoms. The summed E-state index contributed by atoms with van der Waals surface area (Å²) in [5, 5.41) is 9.10. The summed E-state index contributed by atoms with van der Waals surface area (Å²) in [7, 11) is -9.87. The maximum Gasteiger partial charge on any atom is 0.416 e. The molecule has 2 atom stereocenters. The number of rotatable bonds is 18. The van der Waals surface area contributed by atoms with Crippen LogP contribution in [0.15, 0.2) is 12.3 Å². The first kappa shape index (κ1) is 26.8. The van der Waals surface area contributed by atoms with Gasteiger partial charge >= 0.3 is 15.2 Å². The largest absolute Gasteiger partial charge is 0.431 e. The zero-order valence-electron chi connectivity index (χ0n) is 16.5. The second kappa shape index (κ2) is 15.7. The molecular formula is C18H38O7P2. The van der Waals surface area contributed by atoms with Gasteiger partial charge in [-0.05, 0) is 18.9 Å². The second-order valence-corrected chi connectivity index (χ2v) is 10.9. The van der Waals surface area contributed by atoms with E-state index in [0.717, 1.165) is 25.5 Å². The van der Waals surface area contributed by atoms with Crippen molar-refractivity contribution < 1.29 is 33.4 Å². The molecular weight excluding hydrogens is 390 g/mol. The fraction of sp³-hybridized carbons (Fsp3) is 0.889. The molecule has 0 amide bonds. The van der Waals surface area contributed by atoms with E-state index in [9.17, 15) is 14.0 Å². The van der Waals surface area contributed by atoms with E-state index in [0.29, 0.717) is 6.42 Å². The summed E-state index contributed by atoms with van der Waals surface area (Å²) < 4.78 is 26.6. The lowest BCUT2D eigenvalue weighted by Crippen LogP contribution is -2.08. The third kappa shape index (κ3) is 15.4. The summed E-state index contributed by atoms with van der Waals surface area (Å²) in [5.74, 6) is 0. The van der Waals surface area contributed by atoms with E-state index < -0.39 is 20.8 Å². The van der Waals surface area contributed by atoms with Gasteiger partial charge in [-0.3, -0.25) is 4.57 Å². The molecule has 0 saturated carbocycles. The molecule has 0 saturated heterocycles. The maximum atomic E-state index is 11.4. The highest BCUT2D eigenvalue weighted by Crippen LogP contribution is 2.61. The van der Waals surface area contributed by atoms with Crippen LogP contribution >= 0.6 is 15.2 Å². The standard InChI is InChI=1S/C18H38O7P2/c1-2-3-4-5-6-7-8-9-10-11-12-13-14-15-16-17-25-27(23,24)18(19)26(20,21)22/h16-19H,2-15H2,1H3,(H,23,24)(H2,20,21,22)/b17-16+. The smallest absolute Gasteiger partial charge is 0.416 e. The van der Waals surface area contributed by atoms with Crippen molar-refractivity contribution in [3.05, 3.63) is 12.3 Å². The Morgan fingerprint density at radius 2 is 1.19 bits per heavy atom. The molecule has 0 fully saturated rings. The Morgan fingerprint density at radius 1 is 0.778 bits per heavy atom. The Balaban J connectivity index is 3.50. The zero-order chi connectivity index (χ0) is 20.6. The van der Waals surface area contributed by atoms with Gasteiger partial charge in [-0.1, -0.05) is 84.0 Å². The average molecular weight is 428 g/mol. The number of aliphatic hydroxyl groups is 1. The van der Waals surface area contributed by atoms with Gasteiger partial charge in [-0.15, -0.1) is 0 Å². The van der Waals surface area contributed by atoms with Gasteiger partial charge < -0.3 is 24.3 Å². The number of allylic oxidation sites excluding steroid dienone is 1. The normalized spacial score (nSPS) is 15.7. The average Bonchev–Trinajstić information content (AvgIpc) is 2.60. The molecule has 0 aliphatic carbocycles. The van der Waals surface area contributed by atoms with Crippen LogP contribution in [0.5, 0.6) is 0 Å². The molecule has 2 unspecified atom stereocenters. The van der Waals surface area contributed by atoms with Crippen LogP contribution in [-0.4, -0.2) is 25.4 Å². The molecule has 0 aliphatic heterocycles. The molecule has 0 rings (SSSR count). The van der Waals surface area contributed by atoms with Gasteiger partial charge in [0.2, 0.25) is 0 Å². The first-order valence-corrected chi connectivity index (χ1v) is 13.4. The fourth-order valence-corrected chi connectivity index (χ4v) is 4.78. The van der Waals surface area contributed by atoms with Gasteiger partial charge in [0, 0.05) is 0 Å². The van der Waals surface area contributed by atoms with Crippen LogP contribution in [0.2, 0.25) is 0 Å². The summed E-state index contributed by atoms with van der Waals surface area (Å²) >= 11 is 0. The number of aliphatic hydroxyl groups excluding tert-OH is 1. The lowest BCUT2D eigenvalue weighted by molar-refractivity contribution is 0.215. The molecule has 0 spiro atoms. The van der Waals surface area contributed by atoms with E-state index in [2.05, 4.69) is 11.4 Å². The van der Waals surface area contributed by atoms with Crippen molar-refractivity contribution >= 4 is 15.2 Å². The third-order valence-electron chi connectivity index (χ3n) is 4.38. The van der Waals surface area contributed by atoms with Crippen molar-refractivity contribution in [2.24, 2.45) is 0 Å². The summed E-state index contributed by atoms with van der Waals surface area (Å²) in [6, 6.07) is 0. The van der Waals surface area contributed by atoms with Gasteiger partial charge in [0.05, 0.1) is 6.26 Å². The number of unbranched alkanes of at least 4 members (excludes halogenated alkanes) is 13. The monoisotopic (exact) mass is 428 g/mol. The number of hydrogen-bond donors (Lipinski definition) is 4. The van der Waals surface area contributed by atoms with Gasteiger partial charge in [0.15, 0.2) is 0 Å². The maximum absolute atomic E-state index is 11.4. The predicted molar refractivity (Wildman–Crippen MR) is 108 cm³/mol. The fourth-order valence-electron chi connectivity index (χ4n) is 2.72. The van der Waals surface area contributed by atoms with E-state index in [1.807, 2.05) is 0 Å². The molecule has 0 radical (unpaired) electrons. The Hall–Kier alpha value is -0.160. The highest BCUT2D eigenvalue weighted by molar-refractivity contribution is 7.70. The van der Waals surface area contributed by atoms with Crippen molar-refractivity contribution in [2.75, 3.05) is 0 Å². The number of hydrogen-bond acceptors (Lipinski definition) is 4. The molecule has 0 bridgehead atoms. The Labute approximate surface area is 163 Å². The summed E-state index contributed by atoms with van der Waals surface area (Å²) in [4.78, 5) is 26.6. The van der Waals surface area contributed by atoms with Gasteiger partial charge in [0.1, 0.15) is 0 Å². The third-order valence-corrected chi connectivity index (χ3v) is 7.76. The Bertz CT molecular complexity index is 476. The van der Waals surface area contributed by atoms with Crippen molar-refractivity contribution in [3.8, 4) is 0 Å². The predicted octanol–water partition coefficient (Wildman–Crippen LogP) is 5.64. The lowest BCUT2D eigenvalue weighted by Gasteiger charge is -2.17. The van der Waals surface area contributed by atoms with Gasteiger partial charge in [0.25, 0.3) is 5.59 Å². The highest BCUT2D eigenvalue weighted by Gasteiger charge is 2.44. The van der Waals surface area contributed by atoms with Crippen LogP contribution < -0.4 is 0 Å². The molecule has 4 N–H and O–H groups in total. The highest BCUT2D eigenvalue weighted by atomic mass is 31.2. The molecule has 0 heterocycles. The summed E-state index contributed by atoms with van der Waals surface area (Å²) in [5.41, 5.74) is -2.72. The second-order valence-electron chi connectivity index (χ2n) is 7.01. The molecule has 162 valence electrons. The SMILES string of the molecule is CCCCCCCCCCCCCCC/C=C/OP(=O)(O)C(O)P(=O)(O)O. The van der Waals surface area contributed by atoms with Crippen molar-refractivity contribution in [1.29, 1.82) is 0 Å². The minimum Gasteiger partial charge on any atom is -0.431 e. The van der Waals surface area contributed by atoms with Crippen molar-refractivity contribution in [3.63, 3.8) is 0 Å².